The van der Waals surface area contributed by atoms with Gasteiger partial charge >= 0.3 is 5.97 Å². The standard InChI is InChI=1S/C16H14ClNO2/c1-20-16(19)12-5-2-11(3-6-12)4-7-13-10-14(17)8-9-15(13)18/h2-10H,18H2,1H3. The number of anilines is 1. The van der Waals surface area contributed by atoms with Crippen LogP contribution >= 0.6 is 11.6 Å². The summed E-state index contributed by atoms with van der Waals surface area (Å²) in [5.41, 5.74) is 8.86. The molecular weight excluding hydrogens is 274 g/mol. The van der Waals surface area contributed by atoms with E-state index in [-0.39, 0.29) is 5.97 Å². The molecule has 0 aromatic heterocycles. The van der Waals surface area contributed by atoms with E-state index in [2.05, 4.69) is 4.74 Å². The second kappa shape index (κ2) is 6.26. The lowest BCUT2D eigenvalue weighted by molar-refractivity contribution is 0.0601. The molecule has 0 unspecified atom stereocenters. The van der Waals surface area contributed by atoms with E-state index in [4.69, 9.17) is 17.3 Å². The van der Waals surface area contributed by atoms with Crippen LogP contribution < -0.4 is 5.73 Å². The lowest BCUT2D eigenvalue weighted by atomic mass is 10.1. The van der Waals surface area contributed by atoms with Gasteiger partial charge in [-0.3, -0.25) is 0 Å². The quantitative estimate of drug-likeness (QED) is 0.529. The molecule has 3 nitrogen and oxygen atoms in total. The Kier molecular flexibility index (Phi) is 4.43. The van der Waals surface area contributed by atoms with Gasteiger partial charge in [-0.15, -0.1) is 0 Å². The van der Waals surface area contributed by atoms with Crippen LogP contribution in [0.4, 0.5) is 5.69 Å². The first-order valence-corrected chi connectivity index (χ1v) is 6.39. The minimum Gasteiger partial charge on any atom is -0.465 e. The molecule has 0 saturated heterocycles. The number of carbonyl (C=O) groups is 1. The van der Waals surface area contributed by atoms with Gasteiger partial charge in [-0.25, -0.2) is 4.79 Å². The predicted octanol–water partition coefficient (Wildman–Crippen LogP) is 3.88. The Hall–Kier alpha value is -2.26. The lowest BCUT2D eigenvalue weighted by Gasteiger charge is -2.01. The number of nitrogens with two attached hydrogens (primary N) is 1. The average molecular weight is 288 g/mol. The Balaban J connectivity index is 2.19. The summed E-state index contributed by atoms with van der Waals surface area (Å²) in [4.78, 5) is 11.3. The molecule has 0 heterocycles. The Morgan fingerprint density at radius 1 is 1.15 bits per heavy atom. The summed E-state index contributed by atoms with van der Waals surface area (Å²) < 4.78 is 4.65. The van der Waals surface area contributed by atoms with Crippen LogP contribution in [0.1, 0.15) is 21.5 Å². The monoisotopic (exact) mass is 287 g/mol. The maximum atomic E-state index is 11.3. The van der Waals surface area contributed by atoms with Gasteiger partial charge in [0.25, 0.3) is 0 Å². The van der Waals surface area contributed by atoms with Gasteiger partial charge in [0.2, 0.25) is 0 Å². The van der Waals surface area contributed by atoms with Crippen LogP contribution in [0.2, 0.25) is 5.02 Å². The minimum atomic E-state index is -0.348. The highest BCUT2D eigenvalue weighted by Gasteiger charge is 2.03. The number of carbonyl (C=O) groups excluding carboxylic acids is 1. The highest BCUT2D eigenvalue weighted by atomic mass is 35.5. The van der Waals surface area contributed by atoms with E-state index >= 15 is 0 Å². The van der Waals surface area contributed by atoms with Crippen molar-refractivity contribution in [2.45, 2.75) is 0 Å². The fourth-order valence-corrected chi connectivity index (χ4v) is 1.90. The van der Waals surface area contributed by atoms with E-state index in [1.807, 2.05) is 24.3 Å². The molecule has 0 aliphatic carbocycles. The van der Waals surface area contributed by atoms with Crippen LogP contribution in [0.5, 0.6) is 0 Å². The Morgan fingerprint density at radius 2 is 1.85 bits per heavy atom. The fraction of sp³-hybridized carbons (Fsp3) is 0.0625. The molecule has 0 aliphatic rings. The maximum absolute atomic E-state index is 11.3. The van der Waals surface area contributed by atoms with Gasteiger partial charge in [0.1, 0.15) is 0 Å². The summed E-state index contributed by atoms with van der Waals surface area (Å²) in [6.45, 7) is 0. The van der Waals surface area contributed by atoms with E-state index < -0.39 is 0 Å². The molecule has 0 spiro atoms. The number of benzene rings is 2. The number of hydrogen-bond acceptors (Lipinski definition) is 3. The van der Waals surface area contributed by atoms with Crippen molar-refractivity contribution in [3.8, 4) is 0 Å². The van der Waals surface area contributed by atoms with E-state index in [1.54, 1.807) is 30.3 Å². The summed E-state index contributed by atoms with van der Waals surface area (Å²) in [5, 5.41) is 0.639. The van der Waals surface area contributed by atoms with Crippen molar-refractivity contribution in [1.29, 1.82) is 0 Å². The second-order valence-electron chi connectivity index (χ2n) is 4.22. The van der Waals surface area contributed by atoms with E-state index in [0.717, 1.165) is 11.1 Å². The molecule has 102 valence electrons. The highest BCUT2D eigenvalue weighted by Crippen LogP contribution is 2.20. The van der Waals surface area contributed by atoms with Gasteiger partial charge in [0.15, 0.2) is 0 Å². The molecule has 4 heteroatoms. The van der Waals surface area contributed by atoms with Gasteiger partial charge in [-0.2, -0.15) is 0 Å². The van der Waals surface area contributed by atoms with E-state index in [9.17, 15) is 4.79 Å². The maximum Gasteiger partial charge on any atom is 0.337 e. The van der Waals surface area contributed by atoms with Crippen LogP contribution in [0, 0.1) is 0 Å². The Morgan fingerprint density at radius 3 is 2.50 bits per heavy atom. The number of methoxy groups -OCH3 is 1. The van der Waals surface area contributed by atoms with Crippen LogP contribution in [0.3, 0.4) is 0 Å². The first-order valence-electron chi connectivity index (χ1n) is 6.01. The van der Waals surface area contributed by atoms with Gasteiger partial charge in [0.05, 0.1) is 12.7 Å². The number of hydrogen-bond donors (Lipinski definition) is 1. The topological polar surface area (TPSA) is 52.3 Å². The van der Waals surface area contributed by atoms with Crippen LogP contribution in [0.25, 0.3) is 12.2 Å². The van der Waals surface area contributed by atoms with Crippen molar-refractivity contribution in [2.75, 3.05) is 12.8 Å². The zero-order chi connectivity index (χ0) is 14.5. The zero-order valence-corrected chi connectivity index (χ0v) is 11.7. The smallest absolute Gasteiger partial charge is 0.337 e. The van der Waals surface area contributed by atoms with Gasteiger partial charge in [-0.1, -0.05) is 35.9 Å². The predicted molar refractivity (Wildman–Crippen MR) is 82.6 cm³/mol. The molecule has 2 aromatic carbocycles. The molecule has 0 radical (unpaired) electrons. The van der Waals surface area contributed by atoms with Crippen LogP contribution in [-0.4, -0.2) is 13.1 Å². The lowest BCUT2D eigenvalue weighted by Crippen LogP contribution is -2.00. The molecule has 2 aromatic rings. The third-order valence-electron chi connectivity index (χ3n) is 2.84. The molecule has 0 fully saturated rings. The van der Waals surface area contributed by atoms with E-state index in [0.29, 0.717) is 16.3 Å². The summed E-state index contributed by atoms with van der Waals surface area (Å²) in [6.07, 6.45) is 3.79. The Bertz CT molecular complexity index is 648. The molecule has 0 atom stereocenters. The molecule has 2 rings (SSSR count). The van der Waals surface area contributed by atoms with Gasteiger partial charge in [0, 0.05) is 10.7 Å². The normalized spacial score (nSPS) is 10.7. The molecule has 20 heavy (non-hydrogen) atoms. The number of nitrogen functional groups attached to an aromatic ring is 1. The molecule has 0 amide bonds. The molecule has 0 saturated carbocycles. The molecular formula is C16H14ClNO2. The molecule has 2 N–H and O–H groups in total. The van der Waals surface area contributed by atoms with Crippen molar-refractivity contribution in [3.63, 3.8) is 0 Å². The Labute approximate surface area is 122 Å². The summed E-state index contributed by atoms with van der Waals surface area (Å²) in [6, 6.07) is 12.4. The van der Waals surface area contributed by atoms with Crippen molar-refractivity contribution >= 4 is 35.4 Å². The SMILES string of the molecule is COC(=O)c1ccc(C=Cc2cc(Cl)ccc2N)cc1. The third kappa shape index (κ3) is 3.39. The largest absolute Gasteiger partial charge is 0.465 e. The average Bonchev–Trinajstić information content (AvgIpc) is 2.48. The fourth-order valence-electron chi connectivity index (χ4n) is 1.72. The number of ether oxygens (including phenoxy) is 1. The second-order valence-corrected chi connectivity index (χ2v) is 4.66. The highest BCUT2D eigenvalue weighted by molar-refractivity contribution is 6.30. The first kappa shape index (κ1) is 14.2. The van der Waals surface area contributed by atoms with Crippen molar-refractivity contribution in [1.82, 2.24) is 0 Å². The van der Waals surface area contributed by atoms with Crippen molar-refractivity contribution < 1.29 is 9.53 Å². The molecule has 0 aliphatic heterocycles. The van der Waals surface area contributed by atoms with Gasteiger partial charge < -0.3 is 10.5 Å². The zero-order valence-electron chi connectivity index (χ0n) is 11.0. The number of rotatable bonds is 3. The first-order chi connectivity index (χ1) is 9.60. The van der Waals surface area contributed by atoms with E-state index in [1.165, 1.54) is 7.11 Å². The van der Waals surface area contributed by atoms with Crippen LogP contribution in [-0.2, 0) is 4.74 Å². The number of halogens is 1. The molecule has 0 bridgehead atoms. The summed E-state index contributed by atoms with van der Waals surface area (Å²) in [5.74, 6) is -0.348. The third-order valence-corrected chi connectivity index (χ3v) is 3.07. The number of esters is 1. The minimum absolute atomic E-state index is 0.348. The summed E-state index contributed by atoms with van der Waals surface area (Å²) >= 11 is 5.93. The van der Waals surface area contributed by atoms with Crippen molar-refractivity contribution in [2.24, 2.45) is 0 Å². The van der Waals surface area contributed by atoms with Crippen molar-refractivity contribution in [3.05, 3.63) is 64.2 Å². The van der Waals surface area contributed by atoms with Crippen LogP contribution in [0.15, 0.2) is 42.5 Å². The van der Waals surface area contributed by atoms with Gasteiger partial charge in [-0.05, 0) is 41.5 Å². The summed E-state index contributed by atoms with van der Waals surface area (Å²) in [7, 11) is 1.36.